The van der Waals surface area contributed by atoms with E-state index in [1.165, 1.54) is 31.0 Å². The number of nitrogens with zero attached hydrogens (tertiary/aromatic N) is 1. The molecule has 0 saturated carbocycles. The Morgan fingerprint density at radius 2 is 1.85 bits per heavy atom. The van der Waals surface area contributed by atoms with Crippen molar-refractivity contribution in [1.82, 2.24) is 5.32 Å². The maximum Gasteiger partial charge on any atom is 0.225 e. The monoisotopic (exact) mass is 374 g/mol. The van der Waals surface area contributed by atoms with Crippen LogP contribution in [0.15, 0.2) is 42.5 Å². The minimum atomic E-state index is -0.453. The topological polar surface area (TPSA) is 32.3 Å². The molecule has 1 saturated heterocycles. The van der Waals surface area contributed by atoms with Gasteiger partial charge in [0.15, 0.2) is 0 Å². The number of carbonyl (C=O) groups excluding carboxylic acids is 1. The van der Waals surface area contributed by atoms with Crippen LogP contribution in [0.2, 0.25) is 5.02 Å². The minimum Gasteiger partial charge on any atom is -0.372 e. The largest absolute Gasteiger partial charge is 0.372 e. The molecule has 2 aromatic carbocycles. The van der Waals surface area contributed by atoms with Crippen molar-refractivity contribution in [2.24, 2.45) is 0 Å². The van der Waals surface area contributed by atoms with Gasteiger partial charge in [-0.2, -0.15) is 0 Å². The lowest BCUT2D eigenvalue weighted by Crippen LogP contribution is -2.30. The van der Waals surface area contributed by atoms with Crippen LogP contribution in [0.3, 0.4) is 0 Å². The third-order valence-electron chi connectivity index (χ3n) is 4.86. The molecule has 1 unspecified atom stereocenters. The molecule has 0 spiro atoms. The Labute approximate surface area is 159 Å². The van der Waals surface area contributed by atoms with Gasteiger partial charge in [0, 0.05) is 23.8 Å². The minimum absolute atomic E-state index is 0.000790. The Kier molecular flexibility index (Phi) is 6.15. The van der Waals surface area contributed by atoms with Crippen LogP contribution in [0.1, 0.15) is 43.4 Å². The Morgan fingerprint density at radius 1 is 1.15 bits per heavy atom. The lowest BCUT2D eigenvalue weighted by molar-refractivity contribution is -0.121. The number of piperidine rings is 1. The van der Waals surface area contributed by atoms with Crippen LogP contribution in [0.4, 0.5) is 10.1 Å². The Bertz CT molecular complexity index is 757. The predicted octanol–water partition coefficient (Wildman–Crippen LogP) is 4.89. The molecular formula is C21H24ClFN2O. The SMILES string of the molecule is CC(NC(=O)Cc1ccc(Cl)cc1F)c1ccc(N2CCCCC2)cc1. The third-order valence-corrected chi connectivity index (χ3v) is 5.09. The average Bonchev–Trinajstić information content (AvgIpc) is 2.65. The molecule has 0 radical (unpaired) electrons. The van der Waals surface area contributed by atoms with Crippen LogP contribution in [-0.4, -0.2) is 19.0 Å². The van der Waals surface area contributed by atoms with E-state index < -0.39 is 5.82 Å². The first-order valence-corrected chi connectivity index (χ1v) is 9.49. The maximum atomic E-state index is 13.8. The quantitative estimate of drug-likeness (QED) is 0.808. The number of anilines is 1. The van der Waals surface area contributed by atoms with Gasteiger partial charge in [0.1, 0.15) is 5.82 Å². The summed E-state index contributed by atoms with van der Waals surface area (Å²) in [4.78, 5) is 14.6. The van der Waals surface area contributed by atoms with Gasteiger partial charge in [0.05, 0.1) is 12.5 Å². The van der Waals surface area contributed by atoms with Crippen LogP contribution in [-0.2, 0) is 11.2 Å². The standard InChI is InChI=1S/C21H24ClFN2O/c1-15(24-21(26)13-17-5-8-18(22)14-20(17)23)16-6-9-19(10-7-16)25-11-3-2-4-12-25/h5-10,14-15H,2-4,11-13H2,1H3,(H,24,26). The Hall–Kier alpha value is -2.07. The van der Waals surface area contributed by atoms with Gasteiger partial charge in [-0.25, -0.2) is 4.39 Å². The van der Waals surface area contributed by atoms with Crippen LogP contribution >= 0.6 is 11.6 Å². The Balaban J connectivity index is 1.58. The summed E-state index contributed by atoms with van der Waals surface area (Å²) < 4.78 is 13.8. The molecule has 2 aromatic rings. The predicted molar refractivity (Wildman–Crippen MR) is 104 cm³/mol. The summed E-state index contributed by atoms with van der Waals surface area (Å²) in [6.07, 6.45) is 3.80. The molecule has 0 bridgehead atoms. The second-order valence-electron chi connectivity index (χ2n) is 6.84. The normalized spacial score (nSPS) is 15.6. The van der Waals surface area contributed by atoms with Gasteiger partial charge in [-0.1, -0.05) is 29.8 Å². The summed E-state index contributed by atoms with van der Waals surface area (Å²) in [7, 11) is 0. The highest BCUT2D eigenvalue weighted by Gasteiger charge is 2.14. The summed E-state index contributed by atoms with van der Waals surface area (Å²) in [6, 6.07) is 12.6. The van der Waals surface area contributed by atoms with E-state index in [0.29, 0.717) is 10.6 Å². The molecule has 1 N–H and O–H groups in total. The molecule has 1 atom stereocenters. The number of hydrogen-bond donors (Lipinski definition) is 1. The molecule has 1 heterocycles. The maximum absolute atomic E-state index is 13.8. The average molecular weight is 375 g/mol. The van der Waals surface area contributed by atoms with Crippen LogP contribution < -0.4 is 10.2 Å². The number of amides is 1. The molecule has 3 rings (SSSR count). The van der Waals surface area contributed by atoms with E-state index in [0.717, 1.165) is 18.7 Å². The first kappa shape index (κ1) is 18.7. The number of rotatable bonds is 5. The second-order valence-corrected chi connectivity index (χ2v) is 7.28. The fourth-order valence-corrected chi connectivity index (χ4v) is 3.50. The highest BCUT2D eigenvalue weighted by Crippen LogP contribution is 2.22. The fraction of sp³-hybridized carbons (Fsp3) is 0.381. The van der Waals surface area contributed by atoms with Crippen molar-refractivity contribution in [2.45, 2.75) is 38.6 Å². The summed E-state index contributed by atoms with van der Waals surface area (Å²) in [5, 5.41) is 3.26. The first-order chi connectivity index (χ1) is 12.5. The number of hydrogen-bond acceptors (Lipinski definition) is 2. The summed E-state index contributed by atoms with van der Waals surface area (Å²) in [5.41, 5.74) is 2.62. The van der Waals surface area contributed by atoms with Crippen molar-refractivity contribution < 1.29 is 9.18 Å². The highest BCUT2D eigenvalue weighted by atomic mass is 35.5. The van der Waals surface area contributed by atoms with E-state index in [1.807, 2.05) is 6.92 Å². The van der Waals surface area contributed by atoms with E-state index in [4.69, 9.17) is 11.6 Å². The third kappa shape index (κ3) is 4.76. The molecule has 0 aliphatic carbocycles. The van der Waals surface area contributed by atoms with E-state index in [-0.39, 0.29) is 18.4 Å². The van der Waals surface area contributed by atoms with Gasteiger partial charge in [-0.05, 0) is 61.6 Å². The van der Waals surface area contributed by atoms with E-state index in [1.54, 1.807) is 12.1 Å². The van der Waals surface area contributed by atoms with Gasteiger partial charge >= 0.3 is 0 Å². The van der Waals surface area contributed by atoms with E-state index >= 15 is 0 Å². The van der Waals surface area contributed by atoms with E-state index in [2.05, 4.69) is 34.5 Å². The smallest absolute Gasteiger partial charge is 0.225 e. The number of halogens is 2. The molecule has 0 aromatic heterocycles. The fourth-order valence-electron chi connectivity index (χ4n) is 3.34. The Morgan fingerprint density at radius 3 is 2.50 bits per heavy atom. The van der Waals surface area contributed by atoms with Crippen LogP contribution in [0.25, 0.3) is 0 Å². The van der Waals surface area contributed by atoms with Gasteiger partial charge in [0.25, 0.3) is 0 Å². The van der Waals surface area contributed by atoms with Gasteiger partial charge < -0.3 is 10.2 Å². The molecule has 5 heteroatoms. The van der Waals surface area contributed by atoms with Gasteiger partial charge in [0.2, 0.25) is 5.91 Å². The molecule has 1 aliphatic heterocycles. The van der Waals surface area contributed by atoms with E-state index in [9.17, 15) is 9.18 Å². The molecular weight excluding hydrogens is 351 g/mol. The van der Waals surface area contributed by atoms with Crippen molar-refractivity contribution in [3.63, 3.8) is 0 Å². The highest BCUT2D eigenvalue weighted by molar-refractivity contribution is 6.30. The van der Waals surface area contributed by atoms with Crippen molar-refractivity contribution in [3.8, 4) is 0 Å². The zero-order valence-corrected chi connectivity index (χ0v) is 15.7. The van der Waals surface area contributed by atoms with Crippen molar-refractivity contribution >= 4 is 23.2 Å². The van der Waals surface area contributed by atoms with Crippen molar-refractivity contribution in [2.75, 3.05) is 18.0 Å². The lowest BCUT2D eigenvalue weighted by Gasteiger charge is -2.29. The molecule has 3 nitrogen and oxygen atoms in total. The zero-order valence-electron chi connectivity index (χ0n) is 15.0. The first-order valence-electron chi connectivity index (χ1n) is 9.11. The molecule has 138 valence electrons. The molecule has 1 fully saturated rings. The van der Waals surface area contributed by atoms with Crippen molar-refractivity contribution in [1.29, 1.82) is 0 Å². The van der Waals surface area contributed by atoms with Gasteiger partial charge in [-0.15, -0.1) is 0 Å². The number of benzene rings is 2. The molecule has 1 amide bonds. The van der Waals surface area contributed by atoms with Crippen molar-refractivity contribution in [3.05, 3.63) is 64.4 Å². The summed E-state index contributed by atoms with van der Waals surface area (Å²) in [6.45, 7) is 4.16. The van der Waals surface area contributed by atoms with Crippen LogP contribution in [0.5, 0.6) is 0 Å². The van der Waals surface area contributed by atoms with Gasteiger partial charge in [-0.3, -0.25) is 4.79 Å². The number of carbonyl (C=O) groups is 1. The zero-order chi connectivity index (χ0) is 18.5. The van der Waals surface area contributed by atoms with Crippen LogP contribution in [0, 0.1) is 5.82 Å². The summed E-state index contributed by atoms with van der Waals surface area (Å²) >= 11 is 5.74. The molecule has 26 heavy (non-hydrogen) atoms. The summed E-state index contributed by atoms with van der Waals surface area (Å²) in [5.74, 6) is -0.662. The molecule has 1 aliphatic rings. The second kappa shape index (κ2) is 8.54. The lowest BCUT2D eigenvalue weighted by atomic mass is 10.1. The number of nitrogens with one attached hydrogen (secondary N) is 1.